The number of aryl methyl sites for hydroxylation is 1. The molecule has 1 unspecified atom stereocenters. The fraction of sp³-hybridized carbons (Fsp3) is 0.320. The first-order chi connectivity index (χ1) is 15.6. The molecule has 33 heavy (non-hydrogen) atoms. The maximum Gasteiger partial charge on any atom is 0.308 e. The van der Waals surface area contributed by atoms with Crippen molar-refractivity contribution in [3.8, 4) is 11.5 Å². The average Bonchev–Trinajstić information content (AvgIpc) is 3.01. The van der Waals surface area contributed by atoms with Crippen LogP contribution in [0, 0.1) is 6.92 Å². The SMILES string of the molecule is COc1ccc(/C(O)=C2\C(=O)C(=O)N(CCN(C)C)C2c2cccc(OC(C)=O)c2)cc1C. The second-order valence-corrected chi connectivity index (χ2v) is 8.15. The monoisotopic (exact) mass is 452 g/mol. The standard InChI is InChI=1S/C25H28N2O6/c1-15-13-18(9-10-20(15)32-5)23(29)21-22(17-7-6-8-19(14-17)33-16(2)28)27(12-11-26(3)4)25(31)24(21)30/h6-10,13-14,22,29H,11-12H2,1-5H3/b23-21+. The van der Waals surface area contributed by atoms with Gasteiger partial charge in [0.2, 0.25) is 0 Å². The molecule has 0 aromatic heterocycles. The number of esters is 1. The van der Waals surface area contributed by atoms with E-state index in [0.29, 0.717) is 29.2 Å². The molecule has 1 saturated heterocycles. The molecule has 1 fully saturated rings. The van der Waals surface area contributed by atoms with E-state index in [0.717, 1.165) is 5.56 Å². The third-order valence-electron chi connectivity index (χ3n) is 5.43. The molecule has 8 heteroatoms. The van der Waals surface area contributed by atoms with Crippen molar-refractivity contribution in [1.82, 2.24) is 9.80 Å². The van der Waals surface area contributed by atoms with E-state index in [9.17, 15) is 19.5 Å². The summed E-state index contributed by atoms with van der Waals surface area (Å²) in [7, 11) is 5.29. The van der Waals surface area contributed by atoms with Gasteiger partial charge in [0, 0.05) is 25.6 Å². The van der Waals surface area contributed by atoms with Gasteiger partial charge in [-0.1, -0.05) is 12.1 Å². The second-order valence-electron chi connectivity index (χ2n) is 8.15. The predicted octanol–water partition coefficient (Wildman–Crippen LogP) is 2.91. The lowest BCUT2D eigenvalue weighted by molar-refractivity contribution is -0.140. The molecule has 1 aliphatic rings. The summed E-state index contributed by atoms with van der Waals surface area (Å²) >= 11 is 0. The molecule has 8 nitrogen and oxygen atoms in total. The summed E-state index contributed by atoms with van der Waals surface area (Å²) in [5.41, 5.74) is 1.72. The van der Waals surface area contributed by atoms with Gasteiger partial charge in [-0.2, -0.15) is 0 Å². The molecule has 0 aliphatic carbocycles. The van der Waals surface area contributed by atoms with Crippen LogP contribution in [0.1, 0.15) is 29.7 Å². The Morgan fingerprint density at radius 1 is 1.15 bits per heavy atom. The smallest absolute Gasteiger partial charge is 0.308 e. The summed E-state index contributed by atoms with van der Waals surface area (Å²) in [6, 6.07) is 10.8. The van der Waals surface area contributed by atoms with Gasteiger partial charge in [-0.15, -0.1) is 0 Å². The van der Waals surface area contributed by atoms with Crippen LogP contribution < -0.4 is 9.47 Å². The van der Waals surface area contributed by atoms with Gasteiger partial charge in [0.15, 0.2) is 0 Å². The van der Waals surface area contributed by atoms with E-state index in [-0.39, 0.29) is 17.9 Å². The number of amides is 1. The number of rotatable bonds is 7. The molecular formula is C25H28N2O6. The Labute approximate surface area is 193 Å². The number of ketones is 1. The number of aliphatic hydroxyl groups excluding tert-OH is 1. The van der Waals surface area contributed by atoms with Crippen LogP contribution >= 0.6 is 0 Å². The van der Waals surface area contributed by atoms with Gasteiger partial charge >= 0.3 is 5.97 Å². The Hall–Kier alpha value is -3.65. The molecule has 0 saturated carbocycles. The van der Waals surface area contributed by atoms with Crippen molar-refractivity contribution in [2.24, 2.45) is 0 Å². The molecule has 1 heterocycles. The normalized spacial score (nSPS) is 17.5. The van der Waals surface area contributed by atoms with Crippen LogP contribution in [-0.4, -0.2) is 66.9 Å². The van der Waals surface area contributed by atoms with Crippen LogP contribution in [0.4, 0.5) is 0 Å². The minimum Gasteiger partial charge on any atom is -0.507 e. The number of carbonyl (C=O) groups excluding carboxylic acids is 3. The number of aliphatic hydroxyl groups is 1. The third-order valence-corrected chi connectivity index (χ3v) is 5.43. The van der Waals surface area contributed by atoms with E-state index in [1.54, 1.807) is 49.6 Å². The molecule has 1 aliphatic heterocycles. The lowest BCUT2D eigenvalue weighted by Crippen LogP contribution is -2.35. The minimum atomic E-state index is -0.831. The van der Waals surface area contributed by atoms with Gasteiger partial charge < -0.3 is 24.4 Å². The van der Waals surface area contributed by atoms with E-state index >= 15 is 0 Å². The first-order valence-corrected chi connectivity index (χ1v) is 10.5. The number of benzene rings is 2. The first kappa shape index (κ1) is 24.0. The maximum atomic E-state index is 13.1. The Morgan fingerprint density at radius 3 is 2.48 bits per heavy atom. The summed E-state index contributed by atoms with van der Waals surface area (Å²) in [5, 5.41) is 11.2. The predicted molar refractivity (Wildman–Crippen MR) is 123 cm³/mol. The summed E-state index contributed by atoms with van der Waals surface area (Å²) < 4.78 is 10.5. The number of Topliss-reactive ketones (excluding diaryl/α,β-unsaturated/α-hetero) is 1. The van der Waals surface area contributed by atoms with Gasteiger partial charge in [0.1, 0.15) is 17.3 Å². The number of hydrogen-bond acceptors (Lipinski definition) is 7. The quantitative estimate of drug-likeness (QED) is 0.227. The second kappa shape index (κ2) is 9.87. The fourth-order valence-electron chi connectivity index (χ4n) is 3.86. The fourth-order valence-corrected chi connectivity index (χ4v) is 3.86. The largest absolute Gasteiger partial charge is 0.507 e. The van der Waals surface area contributed by atoms with E-state index in [1.165, 1.54) is 11.8 Å². The molecule has 2 aromatic carbocycles. The van der Waals surface area contributed by atoms with Crippen molar-refractivity contribution in [3.05, 3.63) is 64.7 Å². The summed E-state index contributed by atoms with van der Waals surface area (Å²) in [5.74, 6) is -1.27. The van der Waals surface area contributed by atoms with Crippen LogP contribution in [0.2, 0.25) is 0 Å². The van der Waals surface area contributed by atoms with E-state index in [1.807, 2.05) is 25.9 Å². The highest BCUT2D eigenvalue weighted by Crippen LogP contribution is 2.40. The van der Waals surface area contributed by atoms with Crippen molar-refractivity contribution in [3.63, 3.8) is 0 Å². The van der Waals surface area contributed by atoms with Crippen LogP contribution in [0.3, 0.4) is 0 Å². The van der Waals surface area contributed by atoms with Crippen molar-refractivity contribution >= 4 is 23.4 Å². The van der Waals surface area contributed by atoms with E-state index in [4.69, 9.17) is 9.47 Å². The lowest BCUT2D eigenvalue weighted by Gasteiger charge is -2.26. The zero-order valence-electron chi connectivity index (χ0n) is 19.4. The topological polar surface area (TPSA) is 96.4 Å². The highest BCUT2D eigenvalue weighted by molar-refractivity contribution is 6.46. The number of likely N-dealkylation sites (N-methyl/N-ethyl adjacent to an activating group) is 1. The Bertz CT molecular complexity index is 1120. The summed E-state index contributed by atoms with van der Waals surface area (Å²) in [6.07, 6.45) is 0. The van der Waals surface area contributed by atoms with Crippen molar-refractivity contribution in [1.29, 1.82) is 0 Å². The van der Waals surface area contributed by atoms with Gasteiger partial charge in [-0.25, -0.2) is 0 Å². The zero-order valence-corrected chi connectivity index (χ0v) is 19.4. The summed E-state index contributed by atoms with van der Waals surface area (Å²) in [4.78, 5) is 40.9. The highest BCUT2D eigenvalue weighted by atomic mass is 16.5. The molecule has 3 rings (SSSR count). The number of ether oxygens (including phenoxy) is 2. The minimum absolute atomic E-state index is 0.0108. The maximum absolute atomic E-state index is 13.1. The third kappa shape index (κ3) is 5.06. The van der Waals surface area contributed by atoms with Crippen LogP contribution in [0.15, 0.2) is 48.0 Å². The molecule has 1 N–H and O–H groups in total. The number of nitrogens with zero attached hydrogens (tertiary/aromatic N) is 2. The molecular weight excluding hydrogens is 424 g/mol. The van der Waals surface area contributed by atoms with Crippen molar-refractivity contribution in [2.75, 3.05) is 34.3 Å². The Morgan fingerprint density at radius 2 is 1.88 bits per heavy atom. The number of carbonyl (C=O) groups is 3. The van der Waals surface area contributed by atoms with Gasteiger partial charge in [0.25, 0.3) is 11.7 Å². The molecule has 0 radical (unpaired) electrons. The van der Waals surface area contributed by atoms with Crippen LogP contribution in [0.25, 0.3) is 5.76 Å². The molecule has 174 valence electrons. The van der Waals surface area contributed by atoms with E-state index in [2.05, 4.69) is 0 Å². The van der Waals surface area contributed by atoms with E-state index < -0.39 is 23.7 Å². The highest BCUT2D eigenvalue weighted by Gasteiger charge is 2.46. The van der Waals surface area contributed by atoms with Gasteiger partial charge in [0.05, 0.1) is 18.7 Å². The van der Waals surface area contributed by atoms with Crippen LogP contribution in [0.5, 0.6) is 11.5 Å². The average molecular weight is 453 g/mol. The van der Waals surface area contributed by atoms with Gasteiger partial charge in [-0.05, 0) is 62.5 Å². The van der Waals surface area contributed by atoms with Crippen LogP contribution in [-0.2, 0) is 14.4 Å². The molecule has 2 aromatic rings. The summed E-state index contributed by atoms with van der Waals surface area (Å²) in [6.45, 7) is 3.92. The molecule has 0 bridgehead atoms. The lowest BCUT2D eigenvalue weighted by atomic mass is 9.94. The number of likely N-dealkylation sites (tertiary alicyclic amines) is 1. The Balaban J connectivity index is 2.16. The van der Waals surface area contributed by atoms with Crippen molar-refractivity contribution in [2.45, 2.75) is 19.9 Å². The van der Waals surface area contributed by atoms with Gasteiger partial charge in [-0.3, -0.25) is 14.4 Å². The Kier molecular flexibility index (Phi) is 7.18. The first-order valence-electron chi connectivity index (χ1n) is 10.5. The molecule has 0 spiro atoms. The van der Waals surface area contributed by atoms with Crippen molar-refractivity contribution < 1.29 is 29.0 Å². The number of methoxy groups -OCH3 is 1. The molecule has 1 atom stereocenters. The molecule has 1 amide bonds. The zero-order chi connectivity index (χ0) is 24.3. The number of hydrogen-bond donors (Lipinski definition) is 1.